The summed E-state index contributed by atoms with van der Waals surface area (Å²) in [4.78, 5) is 28.9. The molecule has 1 N–H and O–H groups in total. The first-order valence-corrected chi connectivity index (χ1v) is 13.5. The monoisotopic (exact) mass is 558 g/mol. The van der Waals surface area contributed by atoms with Gasteiger partial charge in [-0.1, -0.05) is 96.2 Å². The van der Waals surface area contributed by atoms with Crippen LogP contribution < -0.4 is 10.1 Å². The molecule has 3 aromatic rings. The fraction of sp³-hybridized carbons (Fsp3) is 0.310. The number of hydrogen-bond donors (Lipinski definition) is 1. The molecule has 0 bridgehead atoms. The van der Waals surface area contributed by atoms with E-state index in [0.717, 1.165) is 36.8 Å². The van der Waals surface area contributed by atoms with E-state index in [-0.39, 0.29) is 31.0 Å². The van der Waals surface area contributed by atoms with Crippen LogP contribution in [-0.4, -0.2) is 35.4 Å². The van der Waals surface area contributed by atoms with Crippen molar-refractivity contribution in [3.05, 3.63) is 99.0 Å². The van der Waals surface area contributed by atoms with Gasteiger partial charge < -0.3 is 15.0 Å². The van der Waals surface area contributed by atoms with Crippen LogP contribution in [0.3, 0.4) is 0 Å². The standard InChI is InChI=1S/C29H29Cl3N2O3/c30-23-15-14-21(16-25(23)32)18-34(28(35)19-37-27-13-7-6-12-24(27)31)26(17-20-8-2-1-3-9-20)29(36)33-22-10-4-5-11-22/h1-3,6-9,12-16,22,26H,4-5,10-11,17-19H2,(H,33,36)/t26-/m1/s1. The molecule has 1 fully saturated rings. The van der Waals surface area contributed by atoms with Gasteiger partial charge in [-0.2, -0.15) is 0 Å². The zero-order valence-corrected chi connectivity index (χ0v) is 22.6. The highest BCUT2D eigenvalue weighted by Crippen LogP contribution is 2.26. The smallest absolute Gasteiger partial charge is 0.261 e. The molecule has 1 atom stereocenters. The Labute approximate surface area is 232 Å². The van der Waals surface area contributed by atoms with Crippen molar-refractivity contribution in [2.24, 2.45) is 0 Å². The number of ether oxygens (including phenoxy) is 1. The van der Waals surface area contributed by atoms with Crippen molar-refractivity contribution in [2.45, 2.75) is 50.7 Å². The van der Waals surface area contributed by atoms with Gasteiger partial charge in [0.25, 0.3) is 5.91 Å². The van der Waals surface area contributed by atoms with Crippen LogP contribution in [0, 0.1) is 0 Å². The number of halogens is 3. The number of nitrogens with zero attached hydrogens (tertiary/aromatic N) is 1. The van der Waals surface area contributed by atoms with Gasteiger partial charge in [-0.05, 0) is 48.2 Å². The number of amides is 2. The predicted molar refractivity (Wildman–Crippen MR) is 148 cm³/mol. The van der Waals surface area contributed by atoms with E-state index >= 15 is 0 Å². The second-order valence-corrected chi connectivity index (χ2v) is 10.4. The fourth-order valence-electron chi connectivity index (χ4n) is 4.54. The van der Waals surface area contributed by atoms with E-state index < -0.39 is 6.04 Å². The van der Waals surface area contributed by atoms with Crippen LogP contribution in [0.15, 0.2) is 72.8 Å². The molecule has 37 heavy (non-hydrogen) atoms. The van der Waals surface area contributed by atoms with Crippen molar-refractivity contribution < 1.29 is 14.3 Å². The molecule has 0 spiro atoms. The first-order valence-electron chi connectivity index (χ1n) is 12.4. The van der Waals surface area contributed by atoms with Gasteiger partial charge in [0.15, 0.2) is 6.61 Å². The third-order valence-electron chi connectivity index (χ3n) is 6.50. The highest BCUT2D eigenvalue weighted by atomic mass is 35.5. The molecular formula is C29H29Cl3N2O3. The van der Waals surface area contributed by atoms with Gasteiger partial charge in [0.05, 0.1) is 15.1 Å². The number of rotatable bonds is 10. The molecule has 0 unspecified atom stereocenters. The lowest BCUT2D eigenvalue weighted by Crippen LogP contribution is -2.53. The molecule has 0 saturated heterocycles. The van der Waals surface area contributed by atoms with Crippen LogP contribution in [0.5, 0.6) is 5.75 Å². The second-order valence-electron chi connectivity index (χ2n) is 9.18. The Hall–Kier alpha value is -2.73. The van der Waals surface area contributed by atoms with E-state index in [4.69, 9.17) is 39.5 Å². The first kappa shape index (κ1) is 27.3. The Bertz CT molecular complexity index is 1220. The summed E-state index contributed by atoms with van der Waals surface area (Å²) in [5, 5.41) is 4.39. The lowest BCUT2D eigenvalue weighted by atomic mass is 10.0. The first-order chi connectivity index (χ1) is 17.9. The summed E-state index contributed by atoms with van der Waals surface area (Å²) in [5.74, 6) is -0.113. The molecular weight excluding hydrogens is 531 g/mol. The zero-order chi connectivity index (χ0) is 26.2. The van der Waals surface area contributed by atoms with E-state index in [1.54, 1.807) is 47.4 Å². The third kappa shape index (κ3) is 7.64. The summed E-state index contributed by atoms with van der Waals surface area (Å²) >= 11 is 18.6. The summed E-state index contributed by atoms with van der Waals surface area (Å²) in [5.41, 5.74) is 1.71. The van der Waals surface area contributed by atoms with Gasteiger partial charge in [-0.15, -0.1) is 0 Å². The minimum absolute atomic E-state index is 0.118. The van der Waals surface area contributed by atoms with Crippen LogP contribution >= 0.6 is 34.8 Å². The number of nitrogens with one attached hydrogen (secondary N) is 1. The van der Waals surface area contributed by atoms with Crippen molar-refractivity contribution in [1.29, 1.82) is 0 Å². The van der Waals surface area contributed by atoms with Gasteiger partial charge in [0, 0.05) is 19.0 Å². The molecule has 0 aromatic heterocycles. The summed E-state index contributed by atoms with van der Waals surface area (Å²) < 4.78 is 5.77. The predicted octanol–water partition coefficient (Wildman–Crippen LogP) is 6.72. The largest absolute Gasteiger partial charge is 0.482 e. The Morgan fingerprint density at radius 2 is 1.57 bits per heavy atom. The topological polar surface area (TPSA) is 58.6 Å². The summed E-state index contributed by atoms with van der Waals surface area (Å²) in [6.45, 7) is -0.107. The van der Waals surface area contributed by atoms with Crippen molar-refractivity contribution >= 4 is 46.6 Å². The van der Waals surface area contributed by atoms with Crippen molar-refractivity contribution in [3.8, 4) is 5.75 Å². The minimum atomic E-state index is -0.750. The third-order valence-corrected chi connectivity index (χ3v) is 7.55. The highest BCUT2D eigenvalue weighted by Gasteiger charge is 2.32. The lowest BCUT2D eigenvalue weighted by molar-refractivity contribution is -0.143. The molecule has 1 aliphatic rings. The van der Waals surface area contributed by atoms with Gasteiger partial charge in [0.2, 0.25) is 5.91 Å². The second kappa shape index (κ2) is 13.2. The van der Waals surface area contributed by atoms with E-state index in [2.05, 4.69) is 5.32 Å². The number of para-hydroxylation sites is 1. The molecule has 3 aromatic carbocycles. The Balaban J connectivity index is 1.63. The van der Waals surface area contributed by atoms with E-state index in [0.29, 0.717) is 27.2 Å². The molecule has 4 rings (SSSR count). The van der Waals surface area contributed by atoms with Crippen LogP contribution in [-0.2, 0) is 22.6 Å². The van der Waals surface area contributed by atoms with Crippen LogP contribution in [0.25, 0.3) is 0 Å². The normalized spacial score (nSPS) is 14.2. The Kier molecular flexibility index (Phi) is 9.73. The SMILES string of the molecule is O=C(NC1CCCC1)[C@@H](Cc1ccccc1)N(Cc1ccc(Cl)c(Cl)c1)C(=O)COc1ccccc1Cl. The van der Waals surface area contributed by atoms with Crippen molar-refractivity contribution in [3.63, 3.8) is 0 Å². The zero-order valence-electron chi connectivity index (χ0n) is 20.3. The van der Waals surface area contributed by atoms with Crippen LogP contribution in [0.1, 0.15) is 36.8 Å². The molecule has 2 amide bonds. The van der Waals surface area contributed by atoms with Gasteiger partial charge in [0.1, 0.15) is 11.8 Å². The highest BCUT2D eigenvalue weighted by molar-refractivity contribution is 6.42. The lowest BCUT2D eigenvalue weighted by Gasteiger charge is -2.32. The Morgan fingerprint density at radius 3 is 2.27 bits per heavy atom. The maximum Gasteiger partial charge on any atom is 0.261 e. The average Bonchev–Trinajstić information content (AvgIpc) is 3.41. The molecule has 8 heteroatoms. The molecule has 1 saturated carbocycles. The molecule has 0 heterocycles. The summed E-state index contributed by atoms with van der Waals surface area (Å²) in [6.07, 6.45) is 4.43. The van der Waals surface area contributed by atoms with Crippen molar-refractivity contribution in [1.82, 2.24) is 10.2 Å². The van der Waals surface area contributed by atoms with Gasteiger partial charge in [-0.3, -0.25) is 9.59 Å². The Morgan fingerprint density at radius 1 is 0.865 bits per heavy atom. The summed E-state index contributed by atoms with van der Waals surface area (Å²) in [7, 11) is 0. The van der Waals surface area contributed by atoms with Gasteiger partial charge >= 0.3 is 0 Å². The number of hydrogen-bond acceptors (Lipinski definition) is 3. The van der Waals surface area contributed by atoms with E-state index in [9.17, 15) is 9.59 Å². The fourth-order valence-corrected chi connectivity index (χ4v) is 5.05. The van der Waals surface area contributed by atoms with Crippen LogP contribution in [0.4, 0.5) is 0 Å². The maximum absolute atomic E-state index is 13.7. The van der Waals surface area contributed by atoms with Crippen LogP contribution in [0.2, 0.25) is 15.1 Å². The molecule has 0 aliphatic heterocycles. The maximum atomic E-state index is 13.7. The molecule has 1 aliphatic carbocycles. The quantitative estimate of drug-likeness (QED) is 0.300. The molecule has 5 nitrogen and oxygen atoms in total. The van der Waals surface area contributed by atoms with E-state index in [1.165, 1.54) is 0 Å². The average molecular weight is 560 g/mol. The number of carbonyl (C=O) groups excluding carboxylic acids is 2. The summed E-state index contributed by atoms with van der Waals surface area (Å²) in [6, 6.07) is 21.2. The minimum Gasteiger partial charge on any atom is -0.482 e. The number of benzene rings is 3. The van der Waals surface area contributed by atoms with Crippen molar-refractivity contribution in [2.75, 3.05) is 6.61 Å². The molecule has 194 valence electrons. The molecule has 0 radical (unpaired) electrons. The van der Waals surface area contributed by atoms with Gasteiger partial charge in [-0.25, -0.2) is 0 Å². The van der Waals surface area contributed by atoms with E-state index in [1.807, 2.05) is 30.3 Å². The number of carbonyl (C=O) groups is 2.